The maximum absolute atomic E-state index is 10.4. The molecule has 0 unspecified atom stereocenters. The molecular weight excluding hydrogens is 307 g/mol. The summed E-state index contributed by atoms with van der Waals surface area (Å²) in [6.07, 6.45) is 2.62. The van der Waals surface area contributed by atoms with Crippen LogP contribution in [0.1, 0.15) is 53.4 Å². The van der Waals surface area contributed by atoms with E-state index in [-0.39, 0.29) is 36.0 Å². The Labute approximate surface area is 142 Å². The number of carboxylic acid groups (broad SMARTS) is 2. The van der Waals surface area contributed by atoms with Gasteiger partial charge in [-0.3, -0.25) is 0 Å². The number of hydrogen-bond donors (Lipinski definition) is 0. The fourth-order valence-corrected chi connectivity index (χ4v) is 0.758. The van der Waals surface area contributed by atoms with Gasteiger partial charge < -0.3 is 29.6 Å². The number of esters is 1. The SMILES string of the molecule is CCCC(=O)[O-].CCCC(=O)[O-].CCOC(=O)/C=C(/C)[O-].[Al+3]. The molecule has 0 aliphatic rings. The van der Waals surface area contributed by atoms with Gasteiger partial charge >= 0.3 is 23.3 Å². The Balaban J connectivity index is -0.000000112. The zero-order valence-electron chi connectivity index (χ0n) is 13.5. The summed E-state index contributed by atoms with van der Waals surface area (Å²) in [6.45, 7) is 6.90. The van der Waals surface area contributed by atoms with Gasteiger partial charge in [0.1, 0.15) is 0 Å². The van der Waals surface area contributed by atoms with Crippen LogP contribution in [0, 0.1) is 0 Å². The third-order valence-corrected chi connectivity index (χ3v) is 1.52. The molecule has 0 rings (SSSR count). The van der Waals surface area contributed by atoms with Crippen molar-refractivity contribution in [3.8, 4) is 0 Å². The summed E-state index contributed by atoms with van der Waals surface area (Å²) in [5, 5.41) is 29.1. The average Bonchev–Trinajstić information content (AvgIpc) is 2.29. The van der Waals surface area contributed by atoms with E-state index < -0.39 is 17.9 Å². The Morgan fingerprint density at radius 1 is 0.909 bits per heavy atom. The number of aliphatic carboxylic acids is 2. The van der Waals surface area contributed by atoms with Gasteiger partial charge in [-0.2, -0.15) is 0 Å². The van der Waals surface area contributed by atoms with Gasteiger partial charge in [-0.15, -0.1) is 5.76 Å². The first-order valence-electron chi connectivity index (χ1n) is 6.62. The first-order valence-corrected chi connectivity index (χ1v) is 6.62. The number of ether oxygens (including phenoxy) is 1. The van der Waals surface area contributed by atoms with E-state index in [9.17, 15) is 29.7 Å². The molecule has 0 saturated carbocycles. The minimum atomic E-state index is -0.961. The van der Waals surface area contributed by atoms with Gasteiger partial charge in [0, 0.05) is 18.0 Å². The number of hydrogen-bond acceptors (Lipinski definition) is 7. The Bertz CT molecular complexity index is 307. The molecule has 0 radical (unpaired) electrons. The Hall–Kier alpha value is -1.52. The fourth-order valence-electron chi connectivity index (χ4n) is 0.758. The van der Waals surface area contributed by atoms with Gasteiger partial charge in [-0.05, 0) is 19.8 Å². The Morgan fingerprint density at radius 3 is 1.41 bits per heavy atom. The molecule has 0 spiro atoms. The quantitative estimate of drug-likeness (QED) is 0.251. The summed E-state index contributed by atoms with van der Waals surface area (Å²) >= 11 is 0. The molecule has 0 fully saturated rings. The summed E-state index contributed by atoms with van der Waals surface area (Å²) in [6, 6.07) is 0. The largest absolute Gasteiger partial charge is 3.00 e. The third kappa shape index (κ3) is 42.8. The number of carbonyl (C=O) groups excluding carboxylic acids is 3. The van der Waals surface area contributed by atoms with Crippen LogP contribution in [0.5, 0.6) is 0 Å². The van der Waals surface area contributed by atoms with E-state index in [0.717, 1.165) is 6.08 Å². The summed E-state index contributed by atoms with van der Waals surface area (Å²) < 4.78 is 4.44. The molecule has 0 heterocycles. The third-order valence-electron chi connectivity index (χ3n) is 1.52. The second kappa shape index (κ2) is 21.8. The maximum Gasteiger partial charge on any atom is 3.00 e. The van der Waals surface area contributed by atoms with Gasteiger partial charge in [0.2, 0.25) is 0 Å². The molecule has 0 aromatic rings. The van der Waals surface area contributed by atoms with E-state index in [1.165, 1.54) is 6.92 Å². The average molecular weight is 330 g/mol. The maximum atomic E-state index is 10.4. The molecule has 0 aliphatic carbocycles. The smallest absolute Gasteiger partial charge is 0.875 e. The van der Waals surface area contributed by atoms with Crippen molar-refractivity contribution in [3.63, 3.8) is 0 Å². The summed E-state index contributed by atoms with van der Waals surface area (Å²) in [5.74, 6) is -2.77. The molecule has 0 N–H and O–H groups in total. The van der Waals surface area contributed by atoms with Crippen molar-refractivity contribution in [2.24, 2.45) is 0 Å². The van der Waals surface area contributed by atoms with Crippen LogP contribution in [-0.4, -0.2) is 41.9 Å². The van der Waals surface area contributed by atoms with Crippen molar-refractivity contribution < 1.29 is 34.4 Å². The molecule has 0 aromatic heterocycles. The summed E-state index contributed by atoms with van der Waals surface area (Å²) in [7, 11) is 0. The topological polar surface area (TPSA) is 130 Å². The van der Waals surface area contributed by atoms with Crippen LogP contribution in [0.2, 0.25) is 0 Å². The van der Waals surface area contributed by atoms with Crippen molar-refractivity contribution in [3.05, 3.63) is 11.8 Å². The van der Waals surface area contributed by atoms with Gasteiger partial charge in [0.15, 0.2) is 0 Å². The molecule has 22 heavy (non-hydrogen) atoms. The summed E-state index contributed by atoms with van der Waals surface area (Å²) in [5.41, 5.74) is 0. The summed E-state index contributed by atoms with van der Waals surface area (Å²) in [4.78, 5) is 29.3. The molecule has 0 amide bonds. The molecule has 0 saturated heterocycles. The molecule has 0 atom stereocenters. The Morgan fingerprint density at radius 2 is 1.27 bits per heavy atom. The van der Waals surface area contributed by atoms with E-state index >= 15 is 0 Å². The fraction of sp³-hybridized carbons (Fsp3) is 0.643. The van der Waals surface area contributed by atoms with E-state index in [0.29, 0.717) is 19.4 Å². The second-order valence-corrected chi connectivity index (χ2v) is 3.75. The van der Waals surface area contributed by atoms with Crippen molar-refractivity contribution in [1.29, 1.82) is 0 Å². The first kappa shape index (κ1) is 28.6. The van der Waals surface area contributed by atoms with E-state index in [4.69, 9.17) is 0 Å². The zero-order chi connectivity index (χ0) is 17.3. The van der Waals surface area contributed by atoms with Gasteiger partial charge in [-0.1, -0.05) is 33.6 Å². The number of allylic oxidation sites excluding steroid dienone is 1. The van der Waals surface area contributed by atoms with Crippen molar-refractivity contribution >= 4 is 35.3 Å². The molecule has 0 aromatic carbocycles. The second-order valence-electron chi connectivity index (χ2n) is 3.75. The van der Waals surface area contributed by atoms with Crippen LogP contribution < -0.4 is 15.3 Å². The molecule has 0 aliphatic heterocycles. The molecular formula is C14H23AlO7. The van der Waals surface area contributed by atoms with E-state index in [1.807, 2.05) is 0 Å². The van der Waals surface area contributed by atoms with Gasteiger partial charge in [-0.25, -0.2) is 4.79 Å². The van der Waals surface area contributed by atoms with Gasteiger partial charge in [0.25, 0.3) is 0 Å². The van der Waals surface area contributed by atoms with Crippen LogP contribution >= 0.6 is 0 Å². The predicted octanol–water partition coefficient (Wildman–Crippen LogP) is -1.49. The molecule has 124 valence electrons. The number of carboxylic acids is 2. The first-order chi connectivity index (χ1) is 9.70. The normalized spacial score (nSPS) is 9.00. The van der Waals surface area contributed by atoms with Crippen LogP contribution in [0.15, 0.2) is 11.8 Å². The van der Waals surface area contributed by atoms with Crippen molar-refractivity contribution in [1.82, 2.24) is 0 Å². The van der Waals surface area contributed by atoms with Crippen molar-refractivity contribution in [2.45, 2.75) is 53.4 Å². The molecule has 8 heteroatoms. The number of carbonyl (C=O) groups is 3. The molecule has 7 nitrogen and oxygen atoms in total. The van der Waals surface area contributed by atoms with Crippen LogP contribution in [0.4, 0.5) is 0 Å². The Kier molecular flexibility index (Phi) is 28.3. The van der Waals surface area contributed by atoms with Crippen molar-refractivity contribution in [2.75, 3.05) is 6.61 Å². The van der Waals surface area contributed by atoms with Crippen LogP contribution in [0.25, 0.3) is 0 Å². The molecule has 0 bridgehead atoms. The monoisotopic (exact) mass is 330 g/mol. The number of rotatable bonds is 6. The van der Waals surface area contributed by atoms with Gasteiger partial charge in [0.05, 0.1) is 6.61 Å². The van der Waals surface area contributed by atoms with Crippen LogP contribution in [-0.2, 0) is 19.1 Å². The predicted molar refractivity (Wildman–Crippen MR) is 76.0 cm³/mol. The van der Waals surface area contributed by atoms with E-state index in [1.54, 1.807) is 20.8 Å². The standard InChI is InChI=1S/C6H10O3.2C4H8O2.Al/c1-3-9-6(8)4-5(2)7;2*1-2-3-4(5)6;/h4,7H,3H2,1-2H3;2*2-3H2,1H3,(H,5,6);/q;;;+3/p-3/b5-4-;;;. The minimum absolute atomic E-state index is 0. The van der Waals surface area contributed by atoms with Crippen LogP contribution in [0.3, 0.4) is 0 Å². The minimum Gasteiger partial charge on any atom is -0.875 e. The zero-order valence-corrected chi connectivity index (χ0v) is 14.7. The van der Waals surface area contributed by atoms with E-state index in [2.05, 4.69) is 4.74 Å².